The molecule has 2 aliphatic heterocycles. The van der Waals surface area contributed by atoms with Gasteiger partial charge in [0.25, 0.3) is 0 Å². The van der Waals surface area contributed by atoms with E-state index >= 15 is 0 Å². The third-order valence-electron chi connectivity index (χ3n) is 5.65. The molecule has 2 saturated heterocycles. The molecular weight excluding hydrogens is 392 g/mol. The van der Waals surface area contributed by atoms with Crippen LogP contribution in [0, 0.1) is 5.92 Å². The van der Waals surface area contributed by atoms with E-state index in [0.29, 0.717) is 51.4 Å². The predicted octanol–water partition coefficient (Wildman–Crippen LogP) is 1.21. The van der Waals surface area contributed by atoms with Gasteiger partial charge in [-0.15, -0.1) is 0 Å². The Labute approximate surface area is 172 Å². The van der Waals surface area contributed by atoms with Crippen molar-refractivity contribution in [3.05, 3.63) is 24.3 Å². The summed E-state index contributed by atoms with van der Waals surface area (Å²) in [6, 6.07) is 6.42. The number of piperidine rings is 1. The van der Waals surface area contributed by atoms with Gasteiger partial charge in [0.15, 0.2) is 0 Å². The van der Waals surface area contributed by atoms with Crippen LogP contribution in [0.5, 0.6) is 0 Å². The lowest BCUT2D eigenvalue weighted by atomic mass is 9.96. The fourth-order valence-electron chi connectivity index (χ4n) is 3.80. The number of amides is 2. The summed E-state index contributed by atoms with van der Waals surface area (Å²) < 4.78 is 27.4. The Hall–Kier alpha value is -1.97. The summed E-state index contributed by atoms with van der Waals surface area (Å²) in [5.41, 5.74) is 0.462. The standard InChI is InChI=1S/C20H30N4O4S/c1-3-19(25)23-9-5-6-16(15-23)20(26)21-17-7-4-8-18(14-17)29(27,28)24-12-10-22(2)11-13-24/h4,7-8,14,16H,3,5-6,9-13,15H2,1-2H3,(H,21,26). The third-order valence-corrected chi connectivity index (χ3v) is 7.54. The molecule has 2 heterocycles. The number of carbonyl (C=O) groups excluding carboxylic acids is 2. The Balaban J connectivity index is 1.68. The zero-order valence-electron chi connectivity index (χ0n) is 17.1. The Bertz CT molecular complexity index is 850. The summed E-state index contributed by atoms with van der Waals surface area (Å²) in [6.45, 7) is 5.23. The van der Waals surface area contributed by atoms with Crippen LogP contribution in [0.25, 0.3) is 0 Å². The highest BCUT2D eigenvalue weighted by Gasteiger charge is 2.29. The van der Waals surface area contributed by atoms with Crippen LogP contribution in [-0.2, 0) is 19.6 Å². The number of piperazine rings is 1. The summed E-state index contributed by atoms with van der Waals surface area (Å²) in [5, 5.41) is 2.84. The topological polar surface area (TPSA) is 90.0 Å². The maximum atomic E-state index is 12.9. The highest BCUT2D eigenvalue weighted by molar-refractivity contribution is 7.89. The third kappa shape index (κ3) is 5.15. The van der Waals surface area contributed by atoms with E-state index < -0.39 is 10.0 Å². The molecule has 0 saturated carbocycles. The van der Waals surface area contributed by atoms with Crippen molar-refractivity contribution in [3.63, 3.8) is 0 Å². The number of nitrogens with zero attached hydrogens (tertiary/aromatic N) is 3. The van der Waals surface area contributed by atoms with Gasteiger partial charge in [0.1, 0.15) is 0 Å². The van der Waals surface area contributed by atoms with Crippen molar-refractivity contribution in [2.75, 3.05) is 51.6 Å². The van der Waals surface area contributed by atoms with E-state index in [1.54, 1.807) is 23.1 Å². The van der Waals surface area contributed by atoms with Gasteiger partial charge in [0, 0.05) is 51.4 Å². The summed E-state index contributed by atoms with van der Waals surface area (Å²) in [5.74, 6) is -0.396. The van der Waals surface area contributed by atoms with E-state index in [4.69, 9.17) is 0 Å². The molecular formula is C20H30N4O4S. The first-order valence-electron chi connectivity index (χ1n) is 10.2. The number of likely N-dealkylation sites (tertiary alicyclic amines) is 1. The number of benzene rings is 1. The number of hydrogen-bond donors (Lipinski definition) is 1. The number of anilines is 1. The van der Waals surface area contributed by atoms with E-state index in [1.807, 2.05) is 14.0 Å². The minimum Gasteiger partial charge on any atom is -0.342 e. The second kappa shape index (κ2) is 9.23. The zero-order chi connectivity index (χ0) is 21.0. The number of rotatable bonds is 5. The molecule has 29 heavy (non-hydrogen) atoms. The number of nitrogens with one attached hydrogen (secondary N) is 1. The second-order valence-corrected chi connectivity index (χ2v) is 9.69. The molecule has 0 aromatic heterocycles. The summed E-state index contributed by atoms with van der Waals surface area (Å²) in [6.07, 6.45) is 1.95. The smallest absolute Gasteiger partial charge is 0.243 e. The monoisotopic (exact) mass is 422 g/mol. The van der Waals surface area contributed by atoms with Crippen LogP contribution in [0.4, 0.5) is 5.69 Å². The molecule has 1 unspecified atom stereocenters. The van der Waals surface area contributed by atoms with Crippen LogP contribution in [0.15, 0.2) is 29.2 Å². The lowest BCUT2D eigenvalue weighted by molar-refractivity contribution is -0.134. The average Bonchev–Trinajstić information content (AvgIpc) is 2.73. The summed E-state index contributed by atoms with van der Waals surface area (Å²) >= 11 is 0. The van der Waals surface area contributed by atoms with Crippen LogP contribution in [0.3, 0.4) is 0 Å². The molecule has 3 rings (SSSR count). The first-order chi connectivity index (χ1) is 13.8. The van der Waals surface area contributed by atoms with Crippen LogP contribution in [0.1, 0.15) is 26.2 Å². The molecule has 1 aromatic carbocycles. The SMILES string of the molecule is CCC(=O)N1CCCC(C(=O)Nc2cccc(S(=O)(=O)N3CCN(C)CC3)c2)C1. The second-order valence-electron chi connectivity index (χ2n) is 7.76. The lowest BCUT2D eigenvalue weighted by Crippen LogP contribution is -2.47. The van der Waals surface area contributed by atoms with Gasteiger partial charge in [-0.3, -0.25) is 9.59 Å². The highest BCUT2D eigenvalue weighted by atomic mass is 32.2. The van der Waals surface area contributed by atoms with Gasteiger partial charge in [-0.25, -0.2) is 8.42 Å². The van der Waals surface area contributed by atoms with Crippen LogP contribution in [0.2, 0.25) is 0 Å². The van der Waals surface area contributed by atoms with Crippen molar-refractivity contribution >= 4 is 27.5 Å². The molecule has 0 aliphatic carbocycles. The maximum Gasteiger partial charge on any atom is 0.243 e. The van der Waals surface area contributed by atoms with Gasteiger partial charge in [0.2, 0.25) is 21.8 Å². The number of hydrogen-bond acceptors (Lipinski definition) is 5. The Morgan fingerprint density at radius 1 is 1.14 bits per heavy atom. The fraction of sp³-hybridized carbons (Fsp3) is 0.600. The van der Waals surface area contributed by atoms with E-state index in [1.165, 1.54) is 10.4 Å². The van der Waals surface area contributed by atoms with Crippen molar-refractivity contribution in [1.82, 2.24) is 14.1 Å². The van der Waals surface area contributed by atoms with Crippen LogP contribution in [-0.4, -0.2) is 80.7 Å². The molecule has 0 bridgehead atoms. The van der Waals surface area contributed by atoms with Gasteiger partial charge in [-0.05, 0) is 38.1 Å². The molecule has 9 heteroatoms. The molecule has 2 fully saturated rings. The minimum atomic E-state index is -3.59. The zero-order valence-corrected chi connectivity index (χ0v) is 18.0. The van der Waals surface area contributed by atoms with Crippen molar-refractivity contribution in [1.29, 1.82) is 0 Å². The van der Waals surface area contributed by atoms with Crippen molar-refractivity contribution in [2.45, 2.75) is 31.1 Å². The number of sulfonamides is 1. The van der Waals surface area contributed by atoms with Crippen molar-refractivity contribution in [3.8, 4) is 0 Å². The van der Waals surface area contributed by atoms with Gasteiger partial charge in [0.05, 0.1) is 10.8 Å². The average molecular weight is 423 g/mol. The minimum absolute atomic E-state index is 0.0581. The fourth-order valence-corrected chi connectivity index (χ4v) is 5.27. The molecule has 1 aromatic rings. The molecule has 8 nitrogen and oxygen atoms in total. The molecule has 2 aliphatic rings. The maximum absolute atomic E-state index is 12.9. The van der Waals surface area contributed by atoms with Crippen molar-refractivity contribution in [2.24, 2.45) is 5.92 Å². The Morgan fingerprint density at radius 2 is 1.86 bits per heavy atom. The van der Waals surface area contributed by atoms with Gasteiger partial charge in [-0.1, -0.05) is 13.0 Å². The Kier molecular flexibility index (Phi) is 6.92. The molecule has 160 valence electrons. The lowest BCUT2D eigenvalue weighted by Gasteiger charge is -2.32. The number of carbonyl (C=O) groups is 2. The quantitative estimate of drug-likeness (QED) is 0.770. The van der Waals surface area contributed by atoms with E-state index in [2.05, 4.69) is 10.2 Å². The number of likely N-dealkylation sites (N-methyl/N-ethyl adjacent to an activating group) is 1. The molecule has 1 N–H and O–H groups in total. The highest BCUT2D eigenvalue weighted by Crippen LogP contribution is 2.23. The molecule has 0 spiro atoms. The summed E-state index contributed by atoms with van der Waals surface area (Å²) in [4.78, 5) is 28.7. The predicted molar refractivity (Wildman–Crippen MR) is 111 cm³/mol. The van der Waals surface area contributed by atoms with Gasteiger partial charge >= 0.3 is 0 Å². The Morgan fingerprint density at radius 3 is 2.55 bits per heavy atom. The van der Waals surface area contributed by atoms with Crippen molar-refractivity contribution < 1.29 is 18.0 Å². The molecule has 1 atom stereocenters. The molecule has 0 radical (unpaired) electrons. The normalized spacial score (nSPS) is 21.7. The van der Waals surface area contributed by atoms with Crippen LogP contribution >= 0.6 is 0 Å². The van der Waals surface area contributed by atoms with Crippen LogP contribution < -0.4 is 5.32 Å². The first kappa shape index (κ1) is 21.7. The van der Waals surface area contributed by atoms with E-state index in [0.717, 1.165) is 12.8 Å². The van der Waals surface area contributed by atoms with E-state index in [-0.39, 0.29) is 22.6 Å². The summed E-state index contributed by atoms with van der Waals surface area (Å²) in [7, 11) is -1.62. The van der Waals surface area contributed by atoms with E-state index in [9.17, 15) is 18.0 Å². The molecule has 2 amide bonds. The van der Waals surface area contributed by atoms with Gasteiger partial charge < -0.3 is 15.1 Å². The first-order valence-corrected chi connectivity index (χ1v) is 11.6. The largest absolute Gasteiger partial charge is 0.342 e. The van der Waals surface area contributed by atoms with Gasteiger partial charge in [-0.2, -0.15) is 4.31 Å².